The van der Waals surface area contributed by atoms with Crippen molar-refractivity contribution in [1.29, 1.82) is 0 Å². The summed E-state index contributed by atoms with van der Waals surface area (Å²) in [6, 6.07) is 8.77. The SMILES string of the molecule is Cc1sc2ncn3nc(Cn4c5c(c6ccccc64)CCCC5)nc3c2c1C. The summed E-state index contributed by atoms with van der Waals surface area (Å²) in [7, 11) is 0. The van der Waals surface area contributed by atoms with Crippen LogP contribution >= 0.6 is 11.3 Å². The van der Waals surface area contributed by atoms with Crippen molar-refractivity contribution in [2.75, 3.05) is 0 Å². The van der Waals surface area contributed by atoms with E-state index in [4.69, 9.17) is 10.1 Å². The summed E-state index contributed by atoms with van der Waals surface area (Å²) in [5.41, 5.74) is 6.49. The Balaban J connectivity index is 1.53. The first kappa shape index (κ1) is 16.2. The minimum Gasteiger partial charge on any atom is -0.337 e. The van der Waals surface area contributed by atoms with E-state index in [-0.39, 0.29) is 0 Å². The first-order valence-corrected chi connectivity index (χ1v) is 10.7. The Morgan fingerprint density at radius 2 is 1.96 bits per heavy atom. The normalized spacial score (nSPS) is 14.4. The number of nitrogens with zero attached hydrogens (tertiary/aromatic N) is 5. The van der Waals surface area contributed by atoms with Gasteiger partial charge in [0.2, 0.25) is 0 Å². The highest BCUT2D eigenvalue weighted by Crippen LogP contribution is 2.33. The van der Waals surface area contributed by atoms with E-state index >= 15 is 0 Å². The summed E-state index contributed by atoms with van der Waals surface area (Å²) < 4.78 is 4.28. The average Bonchev–Trinajstić information content (AvgIpc) is 3.36. The Hall–Kier alpha value is -2.73. The molecule has 4 heterocycles. The van der Waals surface area contributed by atoms with Crippen molar-refractivity contribution >= 4 is 38.1 Å². The van der Waals surface area contributed by atoms with Gasteiger partial charge < -0.3 is 4.57 Å². The van der Waals surface area contributed by atoms with Gasteiger partial charge in [0.15, 0.2) is 11.5 Å². The molecule has 140 valence electrons. The monoisotopic (exact) mass is 387 g/mol. The number of aromatic nitrogens is 5. The molecule has 0 fully saturated rings. The fourth-order valence-electron chi connectivity index (χ4n) is 4.66. The molecule has 6 heteroatoms. The molecule has 1 aromatic carbocycles. The molecule has 0 atom stereocenters. The molecule has 5 nitrogen and oxygen atoms in total. The van der Waals surface area contributed by atoms with Crippen molar-refractivity contribution in [1.82, 2.24) is 24.1 Å². The minimum atomic E-state index is 0.710. The molecule has 0 N–H and O–H groups in total. The van der Waals surface area contributed by atoms with E-state index in [1.54, 1.807) is 17.7 Å². The van der Waals surface area contributed by atoms with Crippen LogP contribution in [0.1, 0.15) is 40.4 Å². The highest BCUT2D eigenvalue weighted by molar-refractivity contribution is 7.18. The Labute approximate surface area is 166 Å². The summed E-state index contributed by atoms with van der Waals surface area (Å²) in [5.74, 6) is 0.853. The van der Waals surface area contributed by atoms with Gasteiger partial charge in [0.05, 0.1) is 11.9 Å². The third kappa shape index (κ3) is 2.21. The van der Waals surface area contributed by atoms with Gasteiger partial charge >= 0.3 is 0 Å². The van der Waals surface area contributed by atoms with E-state index in [1.165, 1.54) is 51.9 Å². The number of aryl methyl sites for hydroxylation is 3. The zero-order chi connectivity index (χ0) is 18.8. The third-order valence-electron chi connectivity index (χ3n) is 6.13. The highest BCUT2D eigenvalue weighted by Gasteiger charge is 2.21. The molecule has 0 bridgehead atoms. The maximum Gasteiger partial charge on any atom is 0.171 e. The second kappa shape index (κ2) is 5.88. The Kier molecular flexibility index (Phi) is 3.41. The number of fused-ring (bicyclic) bond motifs is 6. The Morgan fingerprint density at radius 1 is 1.11 bits per heavy atom. The van der Waals surface area contributed by atoms with E-state index in [0.29, 0.717) is 6.54 Å². The molecule has 1 aliphatic carbocycles. The van der Waals surface area contributed by atoms with Crippen LogP contribution in [0.5, 0.6) is 0 Å². The molecule has 0 saturated carbocycles. The number of hydrogen-bond donors (Lipinski definition) is 0. The van der Waals surface area contributed by atoms with Crippen LogP contribution in [0.4, 0.5) is 0 Å². The second-order valence-electron chi connectivity index (χ2n) is 7.74. The van der Waals surface area contributed by atoms with Gasteiger partial charge in [-0.05, 0) is 56.7 Å². The van der Waals surface area contributed by atoms with Crippen LogP contribution in [0, 0.1) is 13.8 Å². The lowest BCUT2D eigenvalue weighted by Gasteiger charge is -2.15. The van der Waals surface area contributed by atoms with E-state index in [2.05, 4.69) is 47.7 Å². The quantitative estimate of drug-likeness (QED) is 0.435. The summed E-state index contributed by atoms with van der Waals surface area (Å²) in [4.78, 5) is 11.9. The number of rotatable bonds is 2. The van der Waals surface area contributed by atoms with Crippen molar-refractivity contribution in [2.24, 2.45) is 0 Å². The molecule has 28 heavy (non-hydrogen) atoms. The average molecular weight is 388 g/mol. The molecular weight excluding hydrogens is 366 g/mol. The minimum absolute atomic E-state index is 0.710. The first-order valence-electron chi connectivity index (χ1n) is 9.89. The van der Waals surface area contributed by atoms with E-state index in [0.717, 1.165) is 28.1 Å². The van der Waals surface area contributed by atoms with Crippen molar-refractivity contribution in [2.45, 2.75) is 46.1 Å². The third-order valence-corrected chi connectivity index (χ3v) is 7.25. The molecule has 4 aromatic heterocycles. The van der Waals surface area contributed by atoms with Crippen molar-refractivity contribution in [3.8, 4) is 0 Å². The lowest BCUT2D eigenvalue weighted by Crippen LogP contribution is -2.10. The lowest BCUT2D eigenvalue weighted by atomic mass is 9.96. The van der Waals surface area contributed by atoms with E-state index in [1.807, 2.05) is 4.52 Å². The zero-order valence-electron chi connectivity index (χ0n) is 16.1. The van der Waals surface area contributed by atoms with Crippen molar-refractivity contribution < 1.29 is 0 Å². The smallest absolute Gasteiger partial charge is 0.171 e. The van der Waals surface area contributed by atoms with Crippen molar-refractivity contribution in [3.05, 3.63) is 58.1 Å². The highest BCUT2D eigenvalue weighted by atomic mass is 32.1. The van der Waals surface area contributed by atoms with Gasteiger partial charge in [0.25, 0.3) is 0 Å². The molecule has 0 unspecified atom stereocenters. The molecule has 0 saturated heterocycles. The van der Waals surface area contributed by atoms with Gasteiger partial charge in [-0.2, -0.15) is 0 Å². The number of hydrogen-bond acceptors (Lipinski definition) is 4. The van der Waals surface area contributed by atoms with Crippen LogP contribution in [-0.4, -0.2) is 24.1 Å². The second-order valence-corrected chi connectivity index (χ2v) is 8.94. The summed E-state index contributed by atoms with van der Waals surface area (Å²) in [6.45, 7) is 5.01. The number of thiophene rings is 1. The zero-order valence-corrected chi connectivity index (χ0v) is 16.9. The van der Waals surface area contributed by atoms with Gasteiger partial charge in [-0.3, -0.25) is 0 Å². The fourth-order valence-corrected chi connectivity index (χ4v) is 5.66. The van der Waals surface area contributed by atoms with Crippen LogP contribution in [-0.2, 0) is 19.4 Å². The van der Waals surface area contributed by atoms with E-state index in [9.17, 15) is 0 Å². The topological polar surface area (TPSA) is 48.0 Å². The first-order chi connectivity index (χ1) is 13.7. The number of benzene rings is 1. The summed E-state index contributed by atoms with van der Waals surface area (Å²) in [6.07, 6.45) is 6.67. The molecule has 0 spiro atoms. The molecule has 0 radical (unpaired) electrons. The lowest BCUT2D eigenvalue weighted by molar-refractivity contribution is 0.629. The maximum atomic E-state index is 4.94. The molecule has 0 amide bonds. The summed E-state index contributed by atoms with van der Waals surface area (Å²) in [5, 5.41) is 7.31. The molecule has 5 aromatic rings. The maximum absolute atomic E-state index is 4.94. The van der Waals surface area contributed by atoms with Gasteiger partial charge in [-0.25, -0.2) is 14.5 Å². The van der Waals surface area contributed by atoms with Crippen molar-refractivity contribution in [3.63, 3.8) is 0 Å². The van der Waals surface area contributed by atoms with E-state index < -0.39 is 0 Å². The Bertz CT molecular complexity index is 1370. The van der Waals surface area contributed by atoms with Crippen LogP contribution in [0.15, 0.2) is 30.6 Å². The molecule has 6 rings (SSSR count). The molecule has 0 aliphatic heterocycles. The largest absolute Gasteiger partial charge is 0.337 e. The predicted molar refractivity (Wildman–Crippen MR) is 113 cm³/mol. The molecular formula is C22H21N5S. The summed E-state index contributed by atoms with van der Waals surface area (Å²) >= 11 is 1.73. The van der Waals surface area contributed by atoms with Crippen LogP contribution in [0.3, 0.4) is 0 Å². The Morgan fingerprint density at radius 3 is 2.89 bits per heavy atom. The number of para-hydroxylation sites is 1. The van der Waals surface area contributed by atoms with Crippen LogP contribution in [0.2, 0.25) is 0 Å². The van der Waals surface area contributed by atoms with Crippen LogP contribution in [0.25, 0.3) is 26.8 Å². The van der Waals surface area contributed by atoms with Gasteiger partial charge in [-0.15, -0.1) is 16.4 Å². The van der Waals surface area contributed by atoms with Gasteiger partial charge in [0.1, 0.15) is 11.2 Å². The molecule has 1 aliphatic rings. The van der Waals surface area contributed by atoms with Gasteiger partial charge in [0, 0.05) is 21.5 Å². The predicted octanol–water partition coefficient (Wildman–Crippen LogP) is 4.84. The van der Waals surface area contributed by atoms with Crippen LogP contribution < -0.4 is 0 Å². The fraction of sp³-hybridized carbons (Fsp3) is 0.318. The standard InChI is InChI=1S/C22H21N5S/c1-13-14(2)28-22-20(13)21-24-19(25-27(21)12-23-22)11-26-17-9-5-3-7-15(17)16-8-4-6-10-18(16)26/h3,5,7,9,12H,4,6,8,10-11H2,1-2H3. The van der Waals surface area contributed by atoms with Gasteiger partial charge in [-0.1, -0.05) is 18.2 Å².